The van der Waals surface area contributed by atoms with Gasteiger partial charge in [0.25, 0.3) is 0 Å². The normalized spacial score (nSPS) is 10.6. The predicted molar refractivity (Wildman–Crippen MR) is 86.6 cm³/mol. The van der Waals surface area contributed by atoms with E-state index in [0.717, 1.165) is 28.1 Å². The summed E-state index contributed by atoms with van der Waals surface area (Å²) in [5.74, 6) is 0.582. The van der Waals surface area contributed by atoms with Crippen LogP contribution < -0.4 is 10.1 Å². The average Bonchev–Trinajstić information content (AvgIpc) is 2.44. The van der Waals surface area contributed by atoms with Crippen molar-refractivity contribution in [2.45, 2.75) is 13.8 Å². The van der Waals surface area contributed by atoms with Crippen molar-refractivity contribution in [3.8, 4) is 5.75 Å². The van der Waals surface area contributed by atoms with E-state index in [1.54, 1.807) is 13.2 Å². The van der Waals surface area contributed by atoms with Gasteiger partial charge in [-0.2, -0.15) is 0 Å². The number of ether oxygens (including phenoxy) is 1. The number of para-hydroxylation sites is 1. The van der Waals surface area contributed by atoms with Gasteiger partial charge < -0.3 is 10.1 Å². The van der Waals surface area contributed by atoms with Gasteiger partial charge in [-0.1, -0.05) is 24.3 Å². The highest BCUT2D eigenvalue weighted by Gasteiger charge is 2.01. The summed E-state index contributed by atoms with van der Waals surface area (Å²) in [4.78, 5) is 12.0. The van der Waals surface area contributed by atoms with Crippen LogP contribution in [0.2, 0.25) is 0 Å². The molecular formula is C18H19NO2. The largest absolute Gasteiger partial charge is 0.496 e. The molecule has 0 spiro atoms. The minimum absolute atomic E-state index is 0.161. The molecule has 0 saturated heterocycles. The second-order valence-electron chi connectivity index (χ2n) is 4.94. The Bertz CT molecular complexity index is 654. The molecule has 1 N–H and O–H groups in total. The smallest absolute Gasteiger partial charge is 0.248 e. The molecule has 0 unspecified atom stereocenters. The van der Waals surface area contributed by atoms with Gasteiger partial charge in [0.05, 0.1) is 7.11 Å². The van der Waals surface area contributed by atoms with Crippen molar-refractivity contribution < 1.29 is 9.53 Å². The molecule has 108 valence electrons. The maximum absolute atomic E-state index is 12.0. The zero-order chi connectivity index (χ0) is 15.2. The van der Waals surface area contributed by atoms with Crippen molar-refractivity contribution in [1.82, 2.24) is 0 Å². The van der Waals surface area contributed by atoms with E-state index in [9.17, 15) is 4.79 Å². The number of anilines is 1. The molecule has 0 aliphatic rings. The number of amides is 1. The summed E-state index contributed by atoms with van der Waals surface area (Å²) < 4.78 is 5.24. The van der Waals surface area contributed by atoms with Crippen LogP contribution in [0.15, 0.2) is 48.5 Å². The van der Waals surface area contributed by atoms with Crippen LogP contribution >= 0.6 is 0 Å². The van der Waals surface area contributed by atoms with Crippen molar-refractivity contribution in [2.24, 2.45) is 0 Å². The Morgan fingerprint density at radius 1 is 1.10 bits per heavy atom. The Labute approximate surface area is 125 Å². The topological polar surface area (TPSA) is 38.3 Å². The number of benzene rings is 2. The quantitative estimate of drug-likeness (QED) is 0.861. The summed E-state index contributed by atoms with van der Waals surface area (Å²) in [6.45, 7) is 4.01. The molecule has 0 atom stereocenters. The first kappa shape index (κ1) is 14.9. The minimum atomic E-state index is -0.161. The Hall–Kier alpha value is -2.55. The van der Waals surface area contributed by atoms with Gasteiger partial charge >= 0.3 is 0 Å². The number of hydrogen-bond donors (Lipinski definition) is 1. The van der Waals surface area contributed by atoms with E-state index >= 15 is 0 Å². The molecule has 2 aromatic rings. The summed E-state index contributed by atoms with van der Waals surface area (Å²) >= 11 is 0. The molecule has 21 heavy (non-hydrogen) atoms. The third-order valence-electron chi connectivity index (χ3n) is 3.04. The monoisotopic (exact) mass is 281 g/mol. The second kappa shape index (κ2) is 6.75. The van der Waals surface area contributed by atoms with E-state index in [0.29, 0.717) is 0 Å². The van der Waals surface area contributed by atoms with Crippen LogP contribution in [-0.4, -0.2) is 13.0 Å². The third kappa shape index (κ3) is 4.21. The summed E-state index contributed by atoms with van der Waals surface area (Å²) in [6.07, 6.45) is 3.26. The number of carbonyl (C=O) groups is 1. The zero-order valence-corrected chi connectivity index (χ0v) is 12.5. The van der Waals surface area contributed by atoms with Gasteiger partial charge in [0.2, 0.25) is 5.91 Å². The van der Waals surface area contributed by atoms with Crippen LogP contribution in [0.3, 0.4) is 0 Å². The maximum Gasteiger partial charge on any atom is 0.248 e. The molecule has 0 fully saturated rings. The van der Waals surface area contributed by atoms with Crippen molar-refractivity contribution in [3.63, 3.8) is 0 Å². The SMILES string of the molecule is COc1ccccc1C=CC(=O)Nc1cc(C)cc(C)c1. The number of carbonyl (C=O) groups excluding carboxylic acids is 1. The predicted octanol–water partition coefficient (Wildman–Crippen LogP) is 3.96. The van der Waals surface area contributed by atoms with Crippen LogP contribution in [0.25, 0.3) is 6.08 Å². The van der Waals surface area contributed by atoms with E-state index in [2.05, 4.69) is 11.4 Å². The fraction of sp³-hybridized carbons (Fsp3) is 0.167. The highest BCUT2D eigenvalue weighted by atomic mass is 16.5. The Morgan fingerprint density at radius 2 is 1.76 bits per heavy atom. The Kier molecular flexibility index (Phi) is 4.77. The molecule has 3 nitrogen and oxygen atoms in total. The van der Waals surface area contributed by atoms with Gasteiger partial charge in [0, 0.05) is 17.3 Å². The molecule has 3 heteroatoms. The van der Waals surface area contributed by atoms with Crippen LogP contribution in [0.4, 0.5) is 5.69 Å². The number of hydrogen-bond acceptors (Lipinski definition) is 2. The van der Waals surface area contributed by atoms with Crippen LogP contribution in [0.5, 0.6) is 5.75 Å². The van der Waals surface area contributed by atoms with E-state index < -0.39 is 0 Å². The van der Waals surface area contributed by atoms with Crippen molar-refractivity contribution in [2.75, 3.05) is 12.4 Å². The lowest BCUT2D eigenvalue weighted by molar-refractivity contribution is -0.111. The van der Waals surface area contributed by atoms with Crippen LogP contribution in [0, 0.1) is 13.8 Å². The lowest BCUT2D eigenvalue weighted by Crippen LogP contribution is -2.08. The molecule has 0 bridgehead atoms. The fourth-order valence-electron chi connectivity index (χ4n) is 2.20. The van der Waals surface area contributed by atoms with E-state index in [1.807, 2.05) is 50.2 Å². The summed E-state index contributed by atoms with van der Waals surface area (Å²) in [5, 5.41) is 2.86. The first-order valence-corrected chi connectivity index (χ1v) is 6.79. The molecule has 0 aliphatic carbocycles. The fourth-order valence-corrected chi connectivity index (χ4v) is 2.20. The molecule has 0 aliphatic heterocycles. The first-order chi connectivity index (χ1) is 10.1. The highest BCUT2D eigenvalue weighted by molar-refractivity contribution is 6.02. The summed E-state index contributed by atoms with van der Waals surface area (Å²) in [5.41, 5.74) is 3.93. The number of nitrogens with one attached hydrogen (secondary N) is 1. The zero-order valence-electron chi connectivity index (χ0n) is 12.5. The molecule has 0 aromatic heterocycles. The molecule has 2 rings (SSSR count). The summed E-state index contributed by atoms with van der Waals surface area (Å²) in [6, 6.07) is 13.5. The first-order valence-electron chi connectivity index (χ1n) is 6.79. The Morgan fingerprint density at radius 3 is 2.43 bits per heavy atom. The van der Waals surface area contributed by atoms with Gasteiger partial charge in [-0.3, -0.25) is 4.79 Å². The second-order valence-corrected chi connectivity index (χ2v) is 4.94. The molecular weight excluding hydrogens is 262 g/mol. The van der Waals surface area contributed by atoms with E-state index in [1.165, 1.54) is 6.08 Å². The van der Waals surface area contributed by atoms with Gasteiger partial charge in [-0.25, -0.2) is 0 Å². The maximum atomic E-state index is 12.0. The van der Waals surface area contributed by atoms with Crippen molar-refractivity contribution >= 4 is 17.7 Å². The van der Waals surface area contributed by atoms with Gasteiger partial charge in [0.15, 0.2) is 0 Å². The lowest BCUT2D eigenvalue weighted by atomic mass is 10.1. The molecule has 2 aromatic carbocycles. The van der Waals surface area contributed by atoms with Gasteiger partial charge in [-0.15, -0.1) is 0 Å². The standard InChI is InChI=1S/C18H19NO2/c1-13-10-14(2)12-16(11-13)19-18(20)9-8-15-6-4-5-7-17(15)21-3/h4-12H,1-3H3,(H,19,20). The van der Waals surface area contributed by atoms with E-state index in [-0.39, 0.29) is 5.91 Å². The van der Waals surface area contributed by atoms with E-state index in [4.69, 9.17) is 4.74 Å². The average molecular weight is 281 g/mol. The lowest BCUT2D eigenvalue weighted by Gasteiger charge is -2.06. The summed E-state index contributed by atoms with van der Waals surface area (Å²) in [7, 11) is 1.61. The van der Waals surface area contributed by atoms with Gasteiger partial charge in [0.1, 0.15) is 5.75 Å². The molecule has 0 heterocycles. The third-order valence-corrected chi connectivity index (χ3v) is 3.04. The van der Waals surface area contributed by atoms with Crippen LogP contribution in [-0.2, 0) is 4.79 Å². The molecule has 1 amide bonds. The number of aryl methyl sites for hydroxylation is 2. The number of rotatable bonds is 4. The van der Waals surface area contributed by atoms with Crippen LogP contribution in [0.1, 0.15) is 16.7 Å². The van der Waals surface area contributed by atoms with Gasteiger partial charge in [-0.05, 0) is 49.2 Å². The minimum Gasteiger partial charge on any atom is -0.496 e. The molecule has 0 saturated carbocycles. The Balaban J connectivity index is 2.09. The van der Waals surface area contributed by atoms with Crippen molar-refractivity contribution in [3.05, 3.63) is 65.2 Å². The number of methoxy groups -OCH3 is 1. The van der Waals surface area contributed by atoms with Crippen molar-refractivity contribution in [1.29, 1.82) is 0 Å². The molecule has 0 radical (unpaired) electrons. The highest BCUT2D eigenvalue weighted by Crippen LogP contribution is 2.19.